The van der Waals surface area contributed by atoms with Crippen LogP contribution in [0.2, 0.25) is 0 Å². The van der Waals surface area contributed by atoms with E-state index in [0.29, 0.717) is 0 Å². The van der Waals surface area contributed by atoms with Crippen molar-refractivity contribution < 1.29 is 4.55 Å². The molecular formula is C15H24N2OS. The molecule has 0 fully saturated rings. The zero-order chi connectivity index (χ0) is 14.0. The van der Waals surface area contributed by atoms with Gasteiger partial charge in [0.2, 0.25) is 0 Å². The summed E-state index contributed by atoms with van der Waals surface area (Å²) in [5.74, 6) is 0. The minimum Gasteiger partial charge on any atom is -0.598 e. The molecule has 1 N–H and O–H groups in total. The fourth-order valence-corrected chi connectivity index (χ4v) is 3.21. The van der Waals surface area contributed by atoms with Crippen molar-refractivity contribution in [3.63, 3.8) is 0 Å². The van der Waals surface area contributed by atoms with Crippen LogP contribution in [0.4, 0.5) is 0 Å². The van der Waals surface area contributed by atoms with Crippen molar-refractivity contribution >= 4 is 11.4 Å². The van der Waals surface area contributed by atoms with Gasteiger partial charge in [-0.1, -0.05) is 6.92 Å². The van der Waals surface area contributed by atoms with Gasteiger partial charge in [0.25, 0.3) is 0 Å². The van der Waals surface area contributed by atoms with E-state index in [4.69, 9.17) is 0 Å². The number of aryl methyl sites for hydroxylation is 2. The molecule has 1 heterocycles. The Labute approximate surface area is 119 Å². The molecule has 0 saturated carbocycles. The van der Waals surface area contributed by atoms with Gasteiger partial charge in [-0.2, -0.15) is 0 Å². The Morgan fingerprint density at radius 3 is 2.84 bits per heavy atom. The van der Waals surface area contributed by atoms with Gasteiger partial charge < -0.3 is 4.55 Å². The SMILES string of the molecule is CCc1cc2c(cn1)CCC[C@@H]2N[S@@+]([O-])C(C)(C)C. The average Bonchev–Trinajstić information content (AvgIpc) is 2.37. The molecule has 0 spiro atoms. The molecule has 0 aromatic carbocycles. The smallest absolute Gasteiger partial charge is 0.136 e. The van der Waals surface area contributed by atoms with Crippen molar-refractivity contribution in [2.75, 3.05) is 0 Å². The van der Waals surface area contributed by atoms with Crippen LogP contribution in [0, 0.1) is 0 Å². The Morgan fingerprint density at radius 2 is 2.21 bits per heavy atom. The summed E-state index contributed by atoms with van der Waals surface area (Å²) in [6, 6.07) is 2.39. The lowest BCUT2D eigenvalue weighted by Gasteiger charge is -2.31. The molecule has 2 atom stereocenters. The number of pyridine rings is 1. The normalized spacial score (nSPS) is 21.0. The Bertz CT molecular complexity index is 442. The number of rotatable bonds is 3. The van der Waals surface area contributed by atoms with E-state index in [1.807, 2.05) is 27.0 Å². The molecule has 0 amide bonds. The summed E-state index contributed by atoms with van der Waals surface area (Å²) >= 11 is -1.02. The van der Waals surface area contributed by atoms with E-state index in [9.17, 15) is 4.55 Å². The summed E-state index contributed by atoms with van der Waals surface area (Å²) in [7, 11) is 0. The van der Waals surface area contributed by atoms with E-state index in [-0.39, 0.29) is 10.8 Å². The molecule has 0 unspecified atom stereocenters. The van der Waals surface area contributed by atoms with Gasteiger partial charge >= 0.3 is 0 Å². The van der Waals surface area contributed by atoms with Crippen molar-refractivity contribution in [3.05, 3.63) is 29.1 Å². The molecule has 4 heteroatoms. The summed E-state index contributed by atoms with van der Waals surface area (Å²) in [5, 5.41) is 0. The number of aromatic nitrogens is 1. The van der Waals surface area contributed by atoms with E-state index in [0.717, 1.165) is 31.4 Å². The van der Waals surface area contributed by atoms with Gasteiger partial charge in [-0.3, -0.25) is 4.98 Å². The van der Waals surface area contributed by atoms with Crippen molar-refractivity contribution in [2.24, 2.45) is 0 Å². The number of hydrogen-bond donors (Lipinski definition) is 1. The quantitative estimate of drug-likeness (QED) is 0.866. The van der Waals surface area contributed by atoms with Crippen LogP contribution in [-0.2, 0) is 24.2 Å². The maximum atomic E-state index is 12.3. The summed E-state index contributed by atoms with van der Waals surface area (Å²) in [6.07, 6.45) is 6.23. The molecule has 19 heavy (non-hydrogen) atoms. The summed E-state index contributed by atoms with van der Waals surface area (Å²) in [6.45, 7) is 8.13. The first-order valence-corrected chi connectivity index (χ1v) is 8.22. The summed E-state index contributed by atoms with van der Waals surface area (Å²) in [4.78, 5) is 4.47. The van der Waals surface area contributed by atoms with Crippen LogP contribution in [0.1, 0.15) is 63.4 Å². The lowest BCUT2D eigenvalue weighted by molar-refractivity contribution is 0.488. The van der Waals surface area contributed by atoms with Gasteiger partial charge in [-0.05, 0) is 63.6 Å². The molecule has 3 nitrogen and oxygen atoms in total. The average molecular weight is 280 g/mol. The second-order valence-electron chi connectivity index (χ2n) is 6.17. The third-order valence-corrected chi connectivity index (χ3v) is 5.17. The number of nitrogens with zero attached hydrogens (tertiary/aromatic N) is 1. The largest absolute Gasteiger partial charge is 0.598 e. The molecule has 0 aliphatic heterocycles. The Balaban J connectivity index is 2.21. The second kappa shape index (κ2) is 5.81. The highest BCUT2D eigenvalue weighted by Gasteiger charge is 2.31. The van der Waals surface area contributed by atoms with Crippen LogP contribution < -0.4 is 4.72 Å². The van der Waals surface area contributed by atoms with Crippen LogP contribution in [0.5, 0.6) is 0 Å². The van der Waals surface area contributed by atoms with Crippen LogP contribution >= 0.6 is 0 Å². The van der Waals surface area contributed by atoms with Gasteiger partial charge in [0.1, 0.15) is 4.75 Å². The van der Waals surface area contributed by atoms with Crippen LogP contribution in [0.3, 0.4) is 0 Å². The topological polar surface area (TPSA) is 48.0 Å². The molecule has 1 aliphatic rings. The Morgan fingerprint density at radius 1 is 1.47 bits per heavy atom. The van der Waals surface area contributed by atoms with E-state index in [1.165, 1.54) is 11.1 Å². The fourth-order valence-electron chi connectivity index (χ4n) is 2.35. The number of hydrogen-bond acceptors (Lipinski definition) is 3. The fraction of sp³-hybridized carbons (Fsp3) is 0.667. The summed E-state index contributed by atoms with van der Waals surface area (Å²) < 4.78 is 15.4. The van der Waals surface area contributed by atoms with E-state index in [2.05, 4.69) is 22.7 Å². The van der Waals surface area contributed by atoms with Crippen LogP contribution in [-0.4, -0.2) is 14.3 Å². The molecule has 0 saturated heterocycles. The van der Waals surface area contributed by atoms with Gasteiger partial charge in [0.05, 0.1) is 6.04 Å². The molecule has 1 aliphatic carbocycles. The van der Waals surface area contributed by atoms with Crippen LogP contribution in [0.15, 0.2) is 12.3 Å². The van der Waals surface area contributed by atoms with Crippen molar-refractivity contribution in [2.45, 2.75) is 64.2 Å². The predicted octanol–water partition coefficient (Wildman–Crippen LogP) is 3.07. The maximum absolute atomic E-state index is 12.3. The highest BCUT2D eigenvalue weighted by Crippen LogP contribution is 2.31. The van der Waals surface area contributed by atoms with Gasteiger partial charge in [0, 0.05) is 23.3 Å². The highest BCUT2D eigenvalue weighted by atomic mass is 32.2. The predicted molar refractivity (Wildman–Crippen MR) is 80.3 cm³/mol. The van der Waals surface area contributed by atoms with E-state index >= 15 is 0 Å². The van der Waals surface area contributed by atoms with Crippen LogP contribution in [0.25, 0.3) is 0 Å². The Kier molecular flexibility index (Phi) is 4.54. The third-order valence-electron chi connectivity index (χ3n) is 3.56. The van der Waals surface area contributed by atoms with Gasteiger partial charge in [-0.25, -0.2) is 0 Å². The Hall–Kier alpha value is -0.580. The first kappa shape index (κ1) is 14.8. The molecule has 106 valence electrons. The maximum Gasteiger partial charge on any atom is 0.136 e. The number of fused-ring (bicyclic) bond motifs is 1. The van der Waals surface area contributed by atoms with Crippen molar-refractivity contribution in [1.82, 2.24) is 9.71 Å². The first-order chi connectivity index (χ1) is 8.91. The summed E-state index contributed by atoms with van der Waals surface area (Å²) in [5.41, 5.74) is 3.73. The van der Waals surface area contributed by atoms with Crippen molar-refractivity contribution in [3.8, 4) is 0 Å². The van der Waals surface area contributed by atoms with Crippen molar-refractivity contribution in [1.29, 1.82) is 0 Å². The van der Waals surface area contributed by atoms with E-state index < -0.39 is 11.4 Å². The third kappa shape index (κ3) is 3.50. The monoisotopic (exact) mass is 280 g/mol. The minimum absolute atomic E-state index is 0.206. The molecule has 1 aromatic heterocycles. The molecule has 1 aromatic rings. The molecule has 2 rings (SSSR count). The van der Waals surface area contributed by atoms with Gasteiger partial charge in [-0.15, -0.1) is 4.72 Å². The second-order valence-corrected chi connectivity index (χ2v) is 8.17. The molecular weight excluding hydrogens is 256 g/mol. The first-order valence-electron chi connectivity index (χ1n) is 7.07. The zero-order valence-corrected chi connectivity index (χ0v) is 13.1. The highest BCUT2D eigenvalue weighted by molar-refractivity contribution is 7.90. The number of nitrogens with one attached hydrogen (secondary N) is 1. The molecule has 0 bridgehead atoms. The minimum atomic E-state index is -1.02. The van der Waals surface area contributed by atoms with Gasteiger partial charge in [0.15, 0.2) is 0 Å². The lowest BCUT2D eigenvalue weighted by Crippen LogP contribution is -2.42. The standard InChI is InChI=1S/C15H24N2OS/c1-5-12-9-13-11(10-16-12)7-6-8-14(13)17-19(18)15(2,3)4/h9-10,14,17H,5-8H2,1-4H3/t14-,19-/m0/s1. The molecule has 0 radical (unpaired) electrons. The lowest BCUT2D eigenvalue weighted by atomic mass is 9.89. The van der Waals surface area contributed by atoms with E-state index in [1.54, 1.807) is 0 Å². The zero-order valence-electron chi connectivity index (χ0n) is 12.3.